The number of nitrogens with one attached hydrogen (secondary N) is 1. The molecule has 0 aliphatic rings. The summed E-state index contributed by atoms with van der Waals surface area (Å²) in [6.45, 7) is 3.02. The minimum Gasteiger partial charge on any atom is -0.495 e. The number of halogens is 1. The molecule has 21 heavy (non-hydrogen) atoms. The van der Waals surface area contributed by atoms with E-state index in [1.807, 2.05) is 12.1 Å². The average molecular weight is 288 g/mol. The largest absolute Gasteiger partial charge is 0.495 e. The van der Waals surface area contributed by atoms with E-state index in [1.54, 1.807) is 31.6 Å². The highest BCUT2D eigenvalue weighted by atomic mass is 19.1. The average Bonchev–Trinajstić information content (AvgIpc) is 2.51. The lowest BCUT2D eigenvalue weighted by molar-refractivity contribution is 0.396. The van der Waals surface area contributed by atoms with Gasteiger partial charge in [-0.1, -0.05) is 19.1 Å². The molecule has 112 valence electrons. The van der Waals surface area contributed by atoms with E-state index in [0.29, 0.717) is 6.42 Å². The summed E-state index contributed by atoms with van der Waals surface area (Å²) in [5.74, 6) is 0.547. The summed E-state index contributed by atoms with van der Waals surface area (Å²) in [6.07, 6.45) is 5.21. The van der Waals surface area contributed by atoms with Gasteiger partial charge in [0.05, 0.1) is 13.3 Å². The zero-order chi connectivity index (χ0) is 15.1. The van der Waals surface area contributed by atoms with Crippen LogP contribution in [0, 0.1) is 5.82 Å². The Hall–Kier alpha value is -1.94. The molecule has 2 rings (SSSR count). The van der Waals surface area contributed by atoms with Crippen LogP contribution in [0.25, 0.3) is 0 Å². The molecular weight excluding hydrogens is 267 g/mol. The van der Waals surface area contributed by atoms with Gasteiger partial charge in [-0.2, -0.15) is 0 Å². The van der Waals surface area contributed by atoms with Crippen molar-refractivity contribution in [2.75, 3.05) is 13.7 Å². The molecule has 1 aromatic heterocycles. The quantitative estimate of drug-likeness (QED) is 0.846. The van der Waals surface area contributed by atoms with Crippen molar-refractivity contribution >= 4 is 0 Å². The van der Waals surface area contributed by atoms with Gasteiger partial charge >= 0.3 is 0 Å². The highest BCUT2D eigenvalue weighted by Crippen LogP contribution is 2.26. The standard InChI is InChI=1S/C17H21FN2O/c1-3-8-20-16(11-13-5-4-6-14(18)10-13)15-7-9-19-12-17(15)21-2/h4-7,9-10,12,16,20H,3,8,11H2,1-2H3. The lowest BCUT2D eigenvalue weighted by Gasteiger charge is -2.21. The molecule has 1 heterocycles. The Balaban J connectivity index is 2.25. The fraction of sp³-hybridized carbons (Fsp3) is 0.353. The molecule has 0 spiro atoms. The van der Waals surface area contributed by atoms with Crippen LogP contribution in [-0.4, -0.2) is 18.6 Å². The van der Waals surface area contributed by atoms with E-state index in [1.165, 1.54) is 6.07 Å². The Morgan fingerprint density at radius 1 is 1.33 bits per heavy atom. The Labute approximate surface area is 125 Å². The first kappa shape index (κ1) is 15.4. The van der Waals surface area contributed by atoms with Crippen molar-refractivity contribution in [1.82, 2.24) is 10.3 Å². The molecule has 4 heteroatoms. The number of rotatable bonds is 7. The fourth-order valence-electron chi connectivity index (χ4n) is 2.36. The zero-order valence-corrected chi connectivity index (χ0v) is 12.5. The molecule has 0 aliphatic heterocycles. The summed E-state index contributed by atoms with van der Waals surface area (Å²) < 4.78 is 18.8. The van der Waals surface area contributed by atoms with Crippen molar-refractivity contribution in [2.45, 2.75) is 25.8 Å². The van der Waals surface area contributed by atoms with E-state index in [9.17, 15) is 4.39 Å². The highest BCUT2D eigenvalue weighted by molar-refractivity contribution is 5.34. The van der Waals surface area contributed by atoms with E-state index < -0.39 is 0 Å². The van der Waals surface area contributed by atoms with Gasteiger partial charge in [-0.15, -0.1) is 0 Å². The van der Waals surface area contributed by atoms with Crippen LogP contribution >= 0.6 is 0 Å². The number of ether oxygens (including phenoxy) is 1. The molecule has 0 aliphatic carbocycles. The maximum Gasteiger partial charge on any atom is 0.141 e. The van der Waals surface area contributed by atoms with E-state index in [2.05, 4.69) is 17.2 Å². The Morgan fingerprint density at radius 3 is 2.90 bits per heavy atom. The fourth-order valence-corrected chi connectivity index (χ4v) is 2.36. The minimum absolute atomic E-state index is 0.0738. The topological polar surface area (TPSA) is 34.2 Å². The van der Waals surface area contributed by atoms with Gasteiger partial charge in [0.15, 0.2) is 0 Å². The number of hydrogen-bond acceptors (Lipinski definition) is 3. The van der Waals surface area contributed by atoms with Gasteiger partial charge in [0.2, 0.25) is 0 Å². The summed E-state index contributed by atoms with van der Waals surface area (Å²) in [6, 6.07) is 8.75. The first-order valence-electron chi connectivity index (χ1n) is 7.20. The maximum atomic E-state index is 13.4. The van der Waals surface area contributed by atoms with Gasteiger partial charge in [-0.05, 0) is 43.1 Å². The molecule has 0 radical (unpaired) electrons. The molecular formula is C17H21FN2O. The molecule has 1 aromatic carbocycles. The van der Waals surface area contributed by atoms with Crippen molar-refractivity contribution < 1.29 is 9.13 Å². The minimum atomic E-state index is -0.205. The lowest BCUT2D eigenvalue weighted by atomic mass is 9.98. The Bertz CT molecular complexity index is 574. The van der Waals surface area contributed by atoms with Gasteiger partial charge in [-0.3, -0.25) is 4.98 Å². The third-order valence-corrected chi connectivity index (χ3v) is 3.38. The van der Waals surface area contributed by atoms with Gasteiger partial charge in [0.25, 0.3) is 0 Å². The second kappa shape index (κ2) is 7.74. The summed E-state index contributed by atoms with van der Waals surface area (Å²) in [5.41, 5.74) is 2.01. The van der Waals surface area contributed by atoms with Crippen LogP contribution in [0.2, 0.25) is 0 Å². The van der Waals surface area contributed by atoms with Gasteiger partial charge in [0.1, 0.15) is 11.6 Å². The van der Waals surface area contributed by atoms with Gasteiger partial charge < -0.3 is 10.1 Å². The zero-order valence-electron chi connectivity index (χ0n) is 12.5. The molecule has 0 fully saturated rings. The van der Waals surface area contributed by atoms with E-state index >= 15 is 0 Å². The molecule has 1 unspecified atom stereocenters. The number of pyridine rings is 1. The van der Waals surface area contributed by atoms with Crippen LogP contribution in [0.4, 0.5) is 4.39 Å². The third-order valence-electron chi connectivity index (χ3n) is 3.38. The molecule has 0 saturated carbocycles. The monoisotopic (exact) mass is 288 g/mol. The molecule has 3 nitrogen and oxygen atoms in total. The number of hydrogen-bond donors (Lipinski definition) is 1. The maximum absolute atomic E-state index is 13.4. The van der Waals surface area contributed by atoms with Crippen molar-refractivity contribution in [1.29, 1.82) is 0 Å². The number of methoxy groups -OCH3 is 1. The summed E-state index contributed by atoms with van der Waals surface area (Å²) in [5, 5.41) is 3.50. The predicted octanol–water partition coefficient (Wildman–Crippen LogP) is 3.51. The normalized spacial score (nSPS) is 12.1. The van der Waals surface area contributed by atoms with Crippen molar-refractivity contribution in [3.05, 3.63) is 59.7 Å². The van der Waals surface area contributed by atoms with Gasteiger partial charge in [-0.25, -0.2) is 4.39 Å². The summed E-state index contributed by atoms with van der Waals surface area (Å²) in [7, 11) is 1.64. The van der Waals surface area contributed by atoms with Crippen molar-refractivity contribution in [3.63, 3.8) is 0 Å². The second-order valence-electron chi connectivity index (χ2n) is 4.96. The van der Waals surface area contributed by atoms with Crippen LogP contribution in [0.3, 0.4) is 0 Å². The van der Waals surface area contributed by atoms with Crippen molar-refractivity contribution in [3.8, 4) is 5.75 Å². The third kappa shape index (κ3) is 4.26. The van der Waals surface area contributed by atoms with Crippen LogP contribution in [-0.2, 0) is 6.42 Å². The molecule has 0 amide bonds. The van der Waals surface area contributed by atoms with E-state index in [4.69, 9.17) is 4.74 Å². The van der Waals surface area contributed by atoms with E-state index in [0.717, 1.165) is 29.8 Å². The Kier molecular flexibility index (Phi) is 5.69. The predicted molar refractivity (Wildman–Crippen MR) is 81.9 cm³/mol. The molecule has 1 N–H and O–H groups in total. The summed E-state index contributed by atoms with van der Waals surface area (Å²) in [4.78, 5) is 4.09. The molecule has 1 atom stereocenters. The van der Waals surface area contributed by atoms with Crippen molar-refractivity contribution in [2.24, 2.45) is 0 Å². The summed E-state index contributed by atoms with van der Waals surface area (Å²) >= 11 is 0. The first-order chi connectivity index (χ1) is 10.2. The Morgan fingerprint density at radius 2 is 2.19 bits per heavy atom. The molecule has 0 bridgehead atoms. The molecule has 2 aromatic rings. The van der Waals surface area contributed by atoms with Crippen LogP contribution in [0.5, 0.6) is 5.75 Å². The van der Waals surface area contributed by atoms with Crippen LogP contribution in [0.15, 0.2) is 42.7 Å². The SMILES string of the molecule is CCCNC(Cc1cccc(F)c1)c1ccncc1OC. The number of aromatic nitrogens is 1. The van der Waals surface area contributed by atoms with E-state index in [-0.39, 0.29) is 11.9 Å². The van der Waals surface area contributed by atoms with Crippen LogP contribution < -0.4 is 10.1 Å². The second-order valence-corrected chi connectivity index (χ2v) is 4.96. The van der Waals surface area contributed by atoms with Crippen LogP contribution in [0.1, 0.15) is 30.5 Å². The molecule has 0 saturated heterocycles. The number of benzene rings is 1. The lowest BCUT2D eigenvalue weighted by Crippen LogP contribution is -2.24. The first-order valence-corrected chi connectivity index (χ1v) is 7.20. The number of nitrogens with zero attached hydrogens (tertiary/aromatic N) is 1. The highest BCUT2D eigenvalue weighted by Gasteiger charge is 2.16. The van der Waals surface area contributed by atoms with Gasteiger partial charge in [0, 0.05) is 17.8 Å². The smallest absolute Gasteiger partial charge is 0.141 e.